The Hall–Kier alpha value is 0.800. The summed E-state index contributed by atoms with van der Waals surface area (Å²) in [7, 11) is -0.630. The fourth-order valence-electron chi connectivity index (χ4n) is 0.184. The van der Waals surface area contributed by atoms with Crippen molar-refractivity contribution in [1.82, 2.24) is 0 Å². The molecule has 0 aromatic heterocycles. The first kappa shape index (κ1) is 11.6. The number of hydrogen-bond donors (Lipinski definition) is 0. The Morgan fingerprint density at radius 3 is 2.75 bits per heavy atom. The zero-order valence-electron chi connectivity index (χ0n) is 5.02. The second-order valence-electron chi connectivity index (χ2n) is 1.01. The molecule has 0 aromatic carbocycles. The summed E-state index contributed by atoms with van der Waals surface area (Å²) in [4.78, 5) is 0. The first-order valence-electron chi connectivity index (χ1n) is 2.01. The van der Waals surface area contributed by atoms with Crippen LogP contribution in [-0.4, -0.2) is 36.2 Å². The summed E-state index contributed by atoms with van der Waals surface area (Å²) < 4.78 is 14.1. The van der Waals surface area contributed by atoms with Crippen LogP contribution in [0, 0.1) is 0 Å². The molecule has 0 N–H and O–H groups in total. The minimum absolute atomic E-state index is 0. The molecular formula is C4H8NaO2P+. The van der Waals surface area contributed by atoms with Crippen LogP contribution in [-0.2, 0) is 9.09 Å². The first-order chi connectivity index (χ1) is 3.41. The Morgan fingerprint density at radius 1 is 1.75 bits per heavy atom. The van der Waals surface area contributed by atoms with E-state index in [4.69, 9.17) is 0 Å². The molecule has 0 saturated carbocycles. The van der Waals surface area contributed by atoms with Gasteiger partial charge >= 0.3 is 8.69 Å². The Morgan fingerprint density at radius 2 is 2.38 bits per heavy atom. The molecule has 4 heteroatoms. The van der Waals surface area contributed by atoms with Crippen LogP contribution in [0.2, 0.25) is 0 Å². The van der Waals surface area contributed by atoms with Crippen molar-refractivity contribution in [2.45, 2.75) is 6.42 Å². The molecule has 0 heterocycles. The van der Waals surface area contributed by atoms with E-state index in [1.165, 1.54) is 0 Å². The molecule has 1 radical (unpaired) electrons. The summed E-state index contributed by atoms with van der Waals surface area (Å²) in [5.41, 5.74) is 0. The van der Waals surface area contributed by atoms with Crippen molar-refractivity contribution in [3.63, 3.8) is 0 Å². The molecule has 0 saturated heterocycles. The van der Waals surface area contributed by atoms with Crippen LogP contribution in [0.5, 0.6) is 0 Å². The van der Waals surface area contributed by atoms with E-state index in [0.29, 0.717) is 6.61 Å². The minimum atomic E-state index is -0.630. The van der Waals surface area contributed by atoms with Gasteiger partial charge in [0, 0.05) is 29.6 Å². The molecular weight excluding hydrogens is 134 g/mol. The van der Waals surface area contributed by atoms with Crippen LogP contribution in [0.3, 0.4) is 0 Å². The molecule has 41 valence electrons. The van der Waals surface area contributed by atoms with Gasteiger partial charge in [-0.2, -0.15) is 0 Å². The van der Waals surface area contributed by atoms with Gasteiger partial charge in [0.1, 0.15) is 6.61 Å². The topological polar surface area (TPSA) is 26.3 Å². The number of rotatable bonds is 4. The molecule has 0 aliphatic heterocycles. The molecule has 1 unspecified atom stereocenters. The van der Waals surface area contributed by atoms with Gasteiger partial charge in [0.05, 0.1) is 0 Å². The second kappa shape index (κ2) is 10.7. The Balaban J connectivity index is 0. The van der Waals surface area contributed by atoms with E-state index in [-0.39, 0.29) is 29.6 Å². The summed E-state index contributed by atoms with van der Waals surface area (Å²) in [5.74, 6) is 0. The predicted octanol–water partition coefficient (Wildman–Crippen LogP) is 1.14. The SMILES string of the molecule is C=CCCO[PH+]=O.[Na]. The maximum absolute atomic E-state index is 9.58. The van der Waals surface area contributed by atoms with Gasteiger partial charge in [-0.1, -0.05) is 6.08 Å². The minimum Gasteiger partial charge on any atom is -0.148 e. The van der Waals surface area contributed by atoms with Crippen molar-refractivity contribution >= 4 is 38.2 Å². The molecule has 8 heavy (non-hydrogen) atoms. The third-order valence-electron chi connectivity index (χ3n) is 0.483. The summed E-state index contributed by atoms with van der Waals surface area (Å²) in [6, 6.07) is 0. The van der Waals surface area contributed by atoms with Crippen molar-refractivity contribution in [2.75, 3.05) is 6.61 Å². The fourth-order valence-corrected chi connectivity index (χ4v) is 0.385. The van der Waals surface area contributed by atoms with Crippen LogP contribution in [0.1, 0.15) is 6.42 Å². The quantitative estimate of drug-likeness (QED) is 0.254. The van der Waals surface area contributed by atoms with Gasteiger partial charge in [0.2, 0.25) is 0 Å². The summed E-state index contributed by atoms with van der Waals surface area (Å²) in [5, 5.41) is 0. The maximum atomic E-state index is 9.58. The molecule has 0 bridgehead atoms. The van der Waals surface area contributed by atoms with Crippen LogP contribution >= 0.6 is 8.69 Å². The largest absolute Gasteiger partial charge is 0.494 e. The smallest absolute Gasteiger partial charge is 0.148 e. The average molecular weight is 142 g/mol. The van der Waals surface area contributed by atoms with Gasteiger partial charge in [-0.15, -0.1) is 11.1 Å². The second-order valence-corrected chi connectivity index (χ2v) is 1.46. The van der Waals surface area contributed by atoms with Gasteiger partial charge in [0.25, 0.3) is 0 Å². The van der Waals surface area contributed by atoms with Gasteiger partial charge in [-0.05, 0) is 11.0 Å². The van der Waals surface area contributed by atoms with Crippen LogP contribution < -0.4 is 0 Å². The molecule has 2 nitrogen and oxygen atoms in total. The van der Waals surface area contributed by atoms with E-state index in [1.54, 1.807) is 6.08 Å². The van der Waals surface area contributed by atoms with E-state index in [1.807, 2.05) is 0 Å². The predicted molar refractivity (Wildman–Crippen MR) is 35.5 cm³/mol. The van der Waals surface area contributed by atoms with E-state index in [2.05, 4.69) is 11.1 Å². The van der Waals surface area contributed by atoms with Crippen molar-refractivity contribution in [3.05, 3.63) is 12.7 Å². The maximum Gasteiger partial charge on any atom is 0.494 e. The Labute approximate surface area is 72.9 Å². The standard InChI is InChI=1S/C4H8O2P.Na/c1-2-3-4-6-7-5;/h2,7H,1,3-4H2;/q+1;. The molecule has 0 spiro atoms. The van der Waals surface area contributed by atoms with Gasteiger partial charge in [0.15, 0.2) is 0 Å². The van der Waals surface area contributed by atoms with Crippen molar-refractivity contribution in [1.29, 1.82) is 0 Å². The average Bonchev–Trinajstić information content (AvgIpc) is 1.69. The zero-order valence-corrected chi connectivity index (χ0v) is 8.02. The third-order valence-corrected chi connectivity index (χ3v) is 0.805. The van der Waals surface area contributed by atoms with E-state index in [9.17, 15) is 4.57 Å². The summed E-state index contributed by atoms with van der Waals surface area (Å²) in [6.45, 7) is 3.97. The molecule has 0 rings (SSSR count). The molecule has 0 aromatic rings. The van der Waals surface area contributed by atoms with E-state index in [0.717, 1.165) is 6.42 Å². The Bertz CT molecular complexity index is 59.1. The van der Waals surface area contributed by atoms with Crippen LogP contribution in [0.25, 0.3) is 0 Å². The fraction of sp³-hybridized carbons (Fsp3) is 0.500. The van der Waals surface area contributed by atoms with Crippen molar-refractivity contribution in [3.8, 4) is 0 Å². The number of hydrogen-bond acceptors (Lipinski definition) is 2. The first-order valence-corrected chi connectivity index (χ1v) is 2.83. The molecule has 0 amide bonds. The summed E-state index contributed by atoms with van der Waals surface area (Å²) >= 11 is 0. The monoisotopic (exact) mass is 142 g/mol. The molecule has 0 aliphatic carbocycles. The molecule has 0 aliphatic rings. The summed E-state index contributed by atoms with van der Waals surface area (Å²) in [6.07, 6.45) is 2.50. The Kier molecular flexibility index (Phi) is 15.5. The van der Waals surface area contributed by atoms with Crippen molar-refractivity contribution in [2.24, 2.45) is 0 Å². The molecule has 0 fully saturated rings. The van der Waals surface area contributed by atoms with Crippen molar-refractivity contribution < 1.29 is 9.09 Å². The van der Waals surface area contributed by atoms with Crippen LogP contribution in [0.4, 0.5) is 0 Å². The van der Waals surface area contributed by atoms with Crippen LogP contribution in [0.15, 0.2) is 12.7 Å². The van der Waals surface area contributed by atoms with E-state index >= 15 is 0 Å². The van der Waals surface area contributed by atoms with Gasteiger partial charge < -0.3 is 0 Å². The third kappa shape index (κ3) is 9.93. The zero-order chi connectivity index (χ0) is 5.54. The van der Waals surface area contributed by atoms with Gasteiger partial charge in [-0.25, -0.2) is 0 Å². The van der Waals surface area contributed by atoms with E-state index < -0.39 is 8.69 Å². The van der Waals surface area contributed by atoms with Gasteiger partial charge in [-0.3, -0.25) is 0 Å². The normalized spacial score (nSPS) is 8.00. The molecule has 1 atom stereocenters.